The molecule has 0 saturated carbocycles. The molecule has 15 heteroatoms. The number of carbonyl (C=O) groups excluding carboxylic acids is 1. The number of pyridine rings is 1. The highest BCUT2D eigenvalue weighted by Crippen LogP contribution is 2.45. The van der Waals surface area contributed by atoms with Crippen LogP contribution in [0.5, 0.6) is 6.01 Å². The van der Waals surface area contributed by atoms with Crippen molar-refractivity contribution in [2.24, 2.45) is 0 Å². The Hall–Kier alpha value is -3.26. The van der Waals surface area contributed by atoms with E-state index in [1.165, 1.54) is 11.1 Å². The van der Waals surface area contributed by atoms with E-state index < -0.39 is 51.9 Å². The van der Waals surface area contributed by atoms with Crippen LogP contribution >= 0.6 is 11.6 Å². The lowest BCUT2D eigenvalue weighted by Crippen LogP contribution is -2.63. The summed E-state index contributed by atoms with van der Waals surface area (Å²) in [4.78, 5) is 31.0. The van der Waals surface area contributed by atoms with Gasteiger partial charge < -0.3 is 14.4 Å². The average Bonchev–Trinajstić information content (AvgIpc) is 3.55. The van der Waals surface area contributed by atoms with Crippen molar-refractivity contribution in [1.29, 1.82) is 0 Å². The van der Waals surface area contributed by atoms with Crippen LogP contribution < -0.4 is 9.64 Å². The minimum absolute atomic E-state index is 0.00997. The highest BCUT2D eigenvalue weighted by atomic mass is 35.5. The van der Waals surface area contributed by atoms with Crippen molar-refractivity contribution in [2.75, 3.05) is 37.7 Å². The first-order chi connectivity index (χ1) is 20.7. The number of nitrogens with zero attached hydrogens (tertiary/aromatic N) is 6. The Morgan fingerprint density at radius 2 is 1.98 bits per heavy atom. The number of halogens is 6. The Morgan fingerprint density at radius 1 is 1.20 bits per heavy atom. The zero-order chi connectivity index (χ0) is 31.6. The van der Waals surface area contributed by atoms with Crippen LogP contribution in [0.1, 0.15) is 52.9 Å². The molecule has 0 radical (unpaired) electrons. The molecule has 1 amide bonds. The van der Waals surface area contributed by atoms with E-state index in [4.69, 9.17) is 21.1 Å². The van der Waals surface area contributed by atoms with Gasteiger partial charge in [0.1, 0.15) is 23.5 Å². The summed E-state index contributed by atoms with van der Waals surface area (Å²) in [6.07, 6.45) is -0.0365. The van der Waals surface area contributed by atoms with E-state index in [-0.39, 0.29) is 67.4 Å². The zero-order valence-electron chi connectivity index (χ0n) is 24.5. The third kappa shape index (κ3) is 5.44. The maximum Gasteiger partial charge on any atom is 0.411 e. The Kier molecular flexibility index (Phi) is 7.67. The van der Waals surface area contributed by atoms with Gasteiger partial charge in [0.25, 0.3) is 12.2 Å². The molecule has 0 N–H and O–H groups in total. The predicted molar refractivity (Wildman–Crippen MR) is 152 cm³/mol. The molecule has 2 aromatic rings. The number of hydrogen-bond donors (Lipinski definition) is 0. The summed E-state index contributed by atoms with van der Waals surface area (Å²) in [7, 11) is 0. The number of carbonyl (C=O) groups is 1. The van der Waals surface area contributed by atoms with Crippen LogP contribution in [0.4, 0.5) is 32.6 Å². The molecule has 6 heterocycles. The molecule has 2 aromatic heterocycles. The van der Waals surface area contributed by atoms with Crippen molar-refractivity contribution in [3.05, 3.63) is 41.0 Å². The molecule has 44 heavy (non-hydrogen) atoms. The number of aromatic nitrogens is 3. The van der Waals surface area contributed by atoms with Gasteiger partial charge in [-0.3, -0.25) is 9.80 Å². The Bertz CT molecular complexity index is 1560. The van der Waals surface area contributed by atoms with E-state index in [0.29, 0.717) is 19.4 Å². The number of piperazine rings is 1. The zero-order valence-corrected chi connectivity index (χ0v) is 25.2. The number of fused-ring (bicyclic) bond motifs is 4. The topological polar surface area (TPSA) is 83.9 Å². The highest BCUT2D eigenvalue weighted by molar-refractivity contribution is 6.30. The van der Waals surface area contributed by atoms with Gasteiger partial charge in [-0.1, -0.05) is 11.6 Å². The minimum Gasteiger partial charge on any atom is -0.461 e. The maximum atomic E-state index is 15.3. The van der Waals surface area contributed by atoms with Crippen LogP contribution in [0.25, 0.3) is 10.9 Å². The van der Waals surface area contributed by atoms with Crippen molar-refractivity contribution >= 4 is 34.4 Å². The van der Waals surface area contributed by atoms with Gasteiger partial charge in [-0.15, -0.1) is 0 Å². The molecule has 6 rings (SSSR count). The Morgan fingerprint density at radius 3 is 2.68 bits per heavy atom. The van der Waals surface area contributed by atoms with Crippen molar-refractivity contribution in [2.45, 2.75) is 75.6 Å². The van der Waals surface area contributed by atoms with E-state index in [2.05, 4.69) is 15.0 Å². The van der Waals surface area contributed by atoms with Gasteiger partial charge in [-0.25, -0.2) is 14.2 Å². The first-order valence-corrected chi connectivity index (χ1v) is 14.8. The maximum absolute atomic E-state index is 15.3. The van der Waals surface area contributed by atoms with Gasteiger partial charge in [-0.05, 0) is 59.4 Å². The first-order valence-electron chi connectivity index (χ1n) is 14.4. The van der Waals surface area contributed by atoms with Crippen LogP contribution in [0.2, 0.25) is 5.15 Å². The van der Waals surface area contributed by atoms with Crippen molar-refractivity contribution < 1.29 is 36.2 Å². The van der Waals surface area contributed by atoms with Crippen molar-refractivity contribution in [3.63, 3.8) is 0 Å². The van der Waals surface area contributed by atoms with Crippen LogP contribution in [0.15, 0.2) is 30.0 Å². The fraction of sp³-hybridized carbons (Fsp3) is 0.586. The summed E-state index contributed by atoms with van der Waals surface area (Å²) in [5, 5.41) is -0.248. The fourth-order valence-electron chi connectivity index (χ4n) is 7.17. The second-order valence-electron chi connectivity index (χ2n) is 13.0. The van der Waals surface area contributed by atoms with Crippen LogP contribution in [0.3, 0.4) is 0 Å². The molecular formula is C29H32ClF5N6O3. The Labute approximate surface area is 255 Å². The predicted octanol–water partition coefficient (Wildman–Crippen LogP) is 6.32. The molecule has 238 valence electrons. The third-order valence-electron chi connectivity index (χ3n) is 8.92. The number of amides is 1. The third-order valence-corrected chi connectivity index (χ3v) is 9.19. The molecule has 9 nitrogen and oxygen atoms in total. The molecule has 0 aliphatic carbocycles. The standard InChI is InChI=1S/C29H32ClF5N6O3/c1-27(2,3)44-26(42)41-17-5-7-28(41,10-19(31)32)14-39(13-17)24-18-11-36-22(30)20(33)21(18)37-25(38-24)43-15-29-6-4-8-40(29)12-16(9-29)23(34)35/h10-11,17H,4-9,12-15H2,1-3H3/t17?,28?,29-/m0/s1. The Balaban J connectivity index is 1.37. The van der Waals surface area contributed by atoms with Gasteiger partial charge in [0.15, 0.2) is 11.0 Å². The second-order valence-corrected chi connectivity index (χ2v) is 13.4. The van der Waals surface area contributed by atoms with E-state index in [1.54, 1.807) is 25.7 Å². The quantitative estimate of drug-likeness (QED) is 0.277. The van der Waals surface area contributed by atoms with Gasteiger partial charge in [0, 0.05) is 37.5 Å². The van der Waals surface area contributed by atoms with Gasteiger partial charge in [0.2, 0.25) is 0 Å². The van der Waals surface area contributed by atoms with Crippen LogP contribution in [-0.4, -0.2) is 86.4 Å². The molecule has 3 atom stereocenters. The van der Waals surface area contributed by atoms with E-state index in [0.717, 1.165) is 12.5 Å². The van der Waals surface area contributed by atoms with Crippen LogP contribution in [-0.2, 0) is 4.74 Å². The highest BCUT2D eigenvalue weighted by Gasteiger charge is 2.55. The van der Waals surface area contributed by atoms with Gasteiger partial charge >= 0.3 is 12.1 Å². The summed E-state index contributed by atoms with van der Waals surface area (Å²) < 4.78 is 81.7. The number of ether oxygens (including phenoxy) is 2. The smallest absolute Gasteiger partial charge is 0.411 e. The lowest BCUT2D eigenvalue weighted by Gasteiger charge is -2.47. The summed E-state index contributed by atoms with van der Waals surface area (Å²) in [5.41, 5.74) is -3.06. The molecule has 4 fully saturated rings. The molecule has 2 unspecified atom stereocenters. The van der Waals surface area contributed by atoms with Crippen molar-refractivity contribution in [1.82, 2.24) is 24.8 Å². The van der Waals surface area contributed by atoms with Gasteiger partial charge in [0.05, 0.1) is 22.5 Å². The molecule has 4 aliphatic rings. The molecular weight excluding hydrogens is 611 g/mol. The van der Waals surface area contributed by atoms with E-state index >= 15 is 4.39 Å². The SMILES string of the molecule is CC(C)(C)OC(=O)N1C2CCC1(C=C(F)F)CN(c1nc(OC[C@@]34CCCN3CC(=C(F)F)C4)nc3c(F)c(Cl)ncc13)C2. The molecule has 0 spiro atoms. The van der Waals surface area contributed by atoms with E-state index in [9.17, 15) is 22.4 Å². The normalized spacial score (nSPS) is 26.8. The minimum atomic E-state index is -1.95. The molecule has 4 aliphatic heterocycles. The second kappa shape index (κ2) is 11.0. The molecule has 0 aromatic carbocycles. The van der Waals surface area contributed by atoms with E-state index in [1.807, 2.05) is 4.90 Å². The molecule has 2 bridgehead atoms. The average molecular weight is 643 g/mol. The summed E-state index contributed by atoms with van der Waals surface area (Å²) >= 11 is 5.99. The van der Waals surface area contributed by atoms with Gasteiger partial charge in [-0.2, -0.15) is 27.5 Å². The number of hydrogen-bond acceptors (Lipinski definition) is 8. The fourth-order valence-corrected chi connectivity index (χ4v) is 7.31. The first kappa shape index (κ1) is 30.8. The number of anilines is 1. The largest absolute Gasteiger partial charge is 0.461 e. The molecule has 4 saturated heterocycles. The lowest BCUT2D eigenvalue weighted by atomic mass is 9.94. The lowest BCUT2D eigenvalue weighted by molar-refractivity contribution is 0.00167. The summed E-state index contributed by atoms with van der Waals surface area (Å²) in [6, 6.07) is -0.727. The summed E-state index contributed by atoms with van der Waals surface area (Å²) in [5.74, 6) is -0.743. The van der Waals surface area contributed by atoms with Crippen molar-refractivity contribution in [3.8, 4) is 6.01 Å². The monoisotopic (exact) mass is 642 g/mol. The number of rotatable bonds is 5. The van der Waals surface area contributed by atoms with Crippen LogP contribution in [0, 0.1) is 5.82 Å². The summed E-state index contributed by atoms with van der Waals surface area (Å²) in [6.45, 7) is 5.96.